The summed E-state index contributed by atoms with van der Waals surface area (Å²) in [6, 6.07) is 13.2. The Kier molecular flexibility index (Phi) is 4.57. The predicted octanol–water partition coefficient (Wildman–Crippen LogP) is 3.75. The summed E-state index contributed by atoms with van der Waals surface area (Å²) in [6.07, 6.45) is 3.54. The molecule has 0 aliphatic carbocycles. The van der Waals surface area contributed by atoms with Crippen LogP contribution in [0.2, 0.25) is 0 Å². The van der Waals surface area contributed by atoms with Crippen LogP contribution in [0.4, 0.5) is 5.69 Å². The molecule has 0 radical (unpaired) electrons. The Morgan fingerprint density at radius 1 is 1.21 bits per heavy atom. The highest BCUT2D eigenvalue weighted by atomic mass is 32.2. The van der Waals surface area contributed by atoms with E-state index in [1.807, 2.05) is 48.7 Å². The molecule has 3 rings (SSSR count). The molecule has 120 valence electrons. The van der Waals surface area contributed by atoms with Crippen molar-refractivity contribution in [2.24, 2.45) is 9.98 Å². The monoisotopic (exact) mass is 336 g/mol. The maximum Gasteiger partial charge on any atom is 0.261 e. The first-order valence-electron chi connectivity index (χ1n) is 7.32. The Hall–Kier alpha value is -2.73. The lowest BCUT2D eigenvalue weighted by Gasteiger charge is -2.13. The lowest BCUT2D eigenvalue weighted by molar-refractivity contribution is 0.995. The van der Waals surface area contributed by atoms with Gasteiger partial charge in [-0.05, 0) is 44.2 Å². The normalized spacial score (nSPS) is 11.7. The van der Waals surface area contributed by atoms with Gasteiger partial charge >= 0.3 is 0 Å². The number of thioether (sulfide) groups is 1. The van der Waals surface area contributed by atoms with Crippen molar-refractivity contribution in [3.8, 4) is 5.69 Å². The zero-order chi connectivity index (χ0) is 17.1. The molecule has 6 heteroatoms. The van der Waals surface area contributed by atoms with Gasteiger partial charge in [-0.3, -0.25) is 9.36 Å². The minimum Gasteiger partial charge on any atom is -0.269 e. The van der Waals surface area contributed by atoms with Crippen LogP contribution in [0.1, 0.15) is 5.56 Å². The zero-order valence-corrected chi connectivity index (χ0v) is 14.2. The molecule has 0 amide bonds. The molecule has 5 nitrogen and oxygen atoms in total. The fraction of sp³-hybridized carbons (Fsp3) is 0.111. The number of hydrogen-bond acceptors (Lipinski definition) is 4. The molecule has 2 heterocycles. The van der Waals surface area contributed by atoms with Gasteiger partial charge in [-0.1, -0.05) is 30.0 Å². The van der Waals surface area contributed by atoms with Crippen LogP contribution in [0.25, 0.3) is 16.7 Å². The van der Waals surface area contributed by atoms with Crippen LogP contribution < -0.4 is 5.56 Å². The van der Waals surface area contributed by atoms with Gasteiger partial charge in [0.2, 0.25) is 0 Å². The topological polar surface area (TPSA) is 59.6 Å². The summed E-state index contributed by atoms with van der Waals surface area (Å²) in [7, 11) is 0. The van der Waals surface area contributed by atoms with Gasteiger partial charge < -0.3 is 0 Å². The van der Waals surface area contributed by atoms with Gasteiger partial charge in [0.15, 0.2) is 5.17 Å². The third-order valence-electron chi connectivity index (χ3n) is 3.67. The molecule has 3 aromatic rings. The number of fused-ring (bicyclic) bond motifs is 1. The summed E-state index contributed by atoms with van der Waals surface area (Å²) in [5.74, 6) is 0. The van der Waals surface area contributed by atoms with E-state index in [-0.39, 0.29) is 5.56 Å². The summed E-state index contributed by atoms with van der Waals surface area (Å²) in [5.41, 5.74) is 2.34. The predicted molar refractivity (Wildman–Crippen MR) is 102 cm³/mol. The highest BCUT2D eigenvalue weighted by Crippen LogP contribution is 2.29. The van der Waals surface area contributed by atoms with Crippen molar-refractivity contribution in [3.05, 3.63) is 64.6 Å². The average Bonchev–Trinajstić information content (AvgIpc) is 2.63. The van der Waals surface area contributed by atoms with Gasteiger partial charge in [0, 0.05) is 17.1 Å². The number of benzene rings is 1. The average molecular weight is 336 g/mol. The zero-order valence-electron chi connectivity index (χ0n) is 13.4. The van der Waals surface area contributed by atoms with Crippen LogP contribution in [0.5, 0.6) is 0 Å². The Bertz CT molecular complexity index is 993. The summed E-state index contributed by atoms with van der Waals surface area (Å²) in [5, 5.41) is 1.31. The van der Waals surface area contributed by atoms with Crippen molar-refractivity contribution in [2.45, 2.75) is 6.92 Å². The molecule has 0 bridgehead atoms. The van der Waals surface area contributed by atoms with Crippen molar-refractivity contribution in [1.82, 2.24) is 9.55 Å². The third kappa shape index (κ3) is 2.76. The number of pyridine rings is 2. The minimum atomic E-state index is -0.143. The van der Waals surface area contributed by atoms with E-state index < -0.39 is 0 Å². The summed E-state index contributed by atoms with van der Waals surface area (Å²) in [6.45, 7) is 5.30. The van der Waals surface area contributed by atoms with E-state index in [4.69, 9.17) is 0 Å². The quantitative estimate of drug-likeness (QED) is 0.529. The van der Waals surface area contributed by atoms with Crippen molar-refractivity contribution in [2.75, 3.05) is 6.26 Å². The molecule has 0 fully saturated rings. The van der Waals surface area contributed by atoms with E-state index in [9.17, 15) is 4.79 Å². The number of amidine groups is 1. The van der Waals surface area contributed by atoms with Gasteiger partial charge in [0.25, 0.3) is 5.56 Å². The SMILES string of the molecule is C=NC(=Nc1c(C)c(=O)n(-c2ccccc2)c2ncccc12)SC. The maximum absolute atomic E-state index is 13.0. The first-order chi connectivity index (χ1) is 11.7. The molecule has 0 aliphatic rings. The fourth-order valence-corrected chi connectivity index (χ4v) is 2.84. The van der Waals surface area contributed by atoms with Crippen LogP contribution in [0.15, 0.2) is 63.4 Å². The van der Waals surface area contributed by atoms with Crippen LogP contribution in [-0.4, -0.2) is 27.7 Å². The number of hydrogen-bond donors (Lipinski definition) is 0. The van der Waals surface area contributed by atoms with Crippen molar-refractivity contribution in [1.29, 1.82) is 0 Å². The lowest BCUT2D eigenvalue weighted by Crippen LogP contribution is -2.22. The van der Waals surface area contributed by atoms with Crippen LogP contribution in [0.3, 0.4) is 0 Å². The van der Waals surface area contributed by atoms with E-state index in [0.29, 0.717) is 22.1 Å². The number of para-hydroxylation sites is 1. The molecular formula is C18H16N4OS. The molecule has 0 atom stereocenters. The largest absolute Gasteiger partial charge is 0.269 e. The summed E-state index contributed by atoms with van der Waals surface area (Å²) < 4.78 is 1.61. The third-order valence-corrected chi connectivity index (χ3v) is 4.26. The van der Waals surface area contributed by atoms with Gasteiger partial charge in [-0.25, -0.2) is 15.0 Å². The molecule has 0 spiro atoms. The van der Waals surface area contributed by atoms with Crippen molar-refractivity contribution < 1.29 is 0 Å². The van der Waals surface area contributed by atoms with Crippen LogP contribution >= 0.6 is 11.8 Å². The Balaban J connectivity index is 2.44. The van der Waals surface area contributed by atoms with Gasteiger partial charge in [-0.2, -0.15) is 0 Å². The molecule has 24 heavy (non-hydrogen) atoms. The Labute approximate surface area is 143 Å². The summed E-state index contributed by atoms with van der Waals surface area (Å²) >= 11 is 1.38. The molecule has 0 saturated heterocycles. The fourth-order valence-electron chi connectivity index (χ4n) is 2.53. The highest BCUT2D eigenvalue weighted by Gasteiger charge is 2.15. The number of rotatable bonds is 2. The molecule has 0 unspecified atom stereocenters. The van der Waals surface area contributed by atoms with Gasteiger partial charge in [0.05, 0.1) is 11.4 Å². The molecule has 0 aliphatic heterocycles. The highest BCUT2D eigenvalue weighted by molar-refractivity contribution is 8.13. The second kappa shape index (κ2) is 6.80. The molecule has 2 aromatic heterocycles. The summed E-state index contributed by atoms with van der Waals surface area (Å²) in [4.78, 5) is 25.8. The maximum atomic E-state index is 13.0. The minimum absolute atomic E-state index is 0.143. The van der Waals surface area contributed by atoms with Gasteiger partial charge in [-0.15, -0.1) is 0 Å². The standard InChI is InChI=1S/C18H16N4OS/c1-12-15(21-18(19-2)24-3)14-10-7-11-20-16(14)22(17(12)23)13-8-5-4-6-9-13/h4-11H,2H2,1,3H3. The number of aliphatic imine (C=N–C) groups is 2. The lowest BCUT2D eigenvalue weighted by atomic mass is 10.1. The van der Waals surface area contributed by atoms with Crippen LogP contribution in [-0.2, 0) is 0 Å². The Morgan fingerprint density at radius 2 is 1.96 bits per heavy atom. The molecule has 0 saturated carbocycles. The van der Waals surface area contributed by atoms with E-state index >= 15 is 0 Å². The smallest absolute Gasteiger partial charge is 0.261 e. The second-order valence-corrected chi connectivity index (χ2v) is 5.85. The Morgan fingerprint density at radius 3 is 2.62 bits per heavy atom. The number of aromatic nitrogens is 2. The second-order valence-electron chi connectivity index (χ2n) is 5.08. The first-order valence-corrected chi connectivity index (χ1v) is 8.55. The van der Waals surface area contributed by atoms with Gasteiger partial charge in [0.1, 0.15) is 5.65 Å². The van der Waals surface area contributed by atoms with Crippen molar-refractivity contribution in [3.63, 3.8) is 0 Å². The van der Waals surface area contributed by atoms with E-state index in [0.717, 1.165) is 11.1 Å². The van der Waals surface area contributed by atoms with E-state index in [1.54, 1.807) is 17.7 Å². The molecule has 1 aromatic carbocycles. The van der Waals surface area contributed by atoms with E-state index in [2.05, 4.69) is 21.7 Å². The number of nitrogens with zero attached hydrogens (tertiary/aromatic N) is 4. The van der Waals surface area contributed by atoms with Crippen LogP contribution in [0, 0.1) is 6.92 Å². The molecule has 0 N–H and O–H groups in total. The van der Waals surface area contributed by atoms with E-state index in [1.165, 1.54) is 11.8 Å². The van der Waals surface area contributed by atoms with Crippen molar-refractivity contribution >= 4 is 40.4 Å². The first kappa shape index (κ1) is 16.1. The molecular weight excluding hydrogens is 320 g/mol.